The van der Waals surface area contributed by atoms with Crippen LogP contribution in [0.2, 0.25) is 0 Å². The van der Waals surface area contributed by atoms with Crippen LogP contribution in [0, 0.1) is 0 Å². The molecule has 0 aromatic rings. The van der Waals surface area contributed by atoms with E-state index in [0.717, 1.165) is 32.1 Å². The lowest BCUT2D eigenvalue weighted by atomic mass is 10.2. The Hall–Kier alpha value is -1.80. The molecule has 0 bridgehead atoms. The van der Waals surface area contributed by atoms with Gasteiger partial charge in [-0.25, -0.2) is 0 Å². The number of esters is 1. The average molecular weight is 542 g/mol. The van der Waals surface area contributed by atoms with Crippen LogP contribution in [0.5, 0.6) is 0 Å². The summed E-state index contributed by atoms with van der Waals surface area (Å²) in [5.74, 6) is -0.536. The zero-order chi connectivity index (χ0) is 27.8. The number of hydrogen-bond acceptors (Lipinski definition) is 7. The highest BCUT2D eigenvalue weighted by Crippen LogP contribution is 2.38. The molecule has 2 atom stereocenters. The number of carbonyl (C=O) groups excluding carboxylic acids is 1. The third-order valence-corrected chi connectivity index (χ3v) is 5.79. The van der Waals surface area contributed by atoms with Crippen LogP contribution in [0.1, 0.15) is 58.3 Å². The second-order valence-corrected chi connectivity index (χ2v) is 10.9. The van der Waals surface area contributed by atoms with Crippen LogP contribution in [0.15, 0.2) is 60.8 Å². The molecular formula is C28H48NO7P. The number of phosphoric acid groups is 1. The van der Waals surface area contributed by atoms with Crippen molar-refractivity contribution in [1.29, 1.82) is 0 Å². The number of rotatable bonds is 22. The fraction of sp³-hybridized carbons (Fsp3) is 0.607. The Kier molecular flexibility index (Phi) is 21.1. The van der Waals surface area contributed by atoms with Gasteiger partial charge >= 0.3 is 5.97 Å². The van der Waals surface area contributed by atoms with Crippen LogP contribution in [0.3, 0.4) is 0 Å². The summed E-state index contributed by atoms with van der Waals surface area (Å²) in [5, 5.41) is 9.35. The van der Waals surface area contributed by atoms with Gasteiger partial charge in [0.25, 0.3) is 7.82 Å². The molecule has 0 rings (SSSR count). The normalized spacial score (nSPS) is 15.5. The standard InChI is InChI=1S/C28H48NO7P/c1-5-6-7-8-9-10-11-12-13-14-15-16-17-18-19-20-21-22-28(31)36-27(25-30)26-35-37(32,33)34-24-23-29(2,3)4/h7-8,10-11,13-14,16-17,19-20,27,30H,5-6,9,12,15,18,21-26H2,1-4H3/b8-7-,11-10-,14-13-,17-16-,20-19-. The highest BCUT2D eigenvalue weighted by Gasteiger charge is 2.19. The predicted octanol–water partition coefficient (Wildman–Crippen LogP) is 5.02. The number of ether oxygens (including phenoxy) is 1. The van der Waals surface area contributed by atoms with Crippen molar-refractivity contribution in [2.75, 3.05) is 47.5 Å². The van der Waals surface area contributed by atoms with E-state index in [1.54, 1.807) is 0 Å². The Bertz CT molecular complexity index is 782. The monoisotopic (exact) mass is 541 g/mol. The lowest BCUT2D eigenvalue weighted by molar-refractivity contribution is -0.870. The molecule has 0 amide bonds. The molecule has 9 heteroatoms. The summed E-state index contributed by atoms with van der Waals surface area (Å²) in [6.45, 7) is 1.59. The number of hydrogen-bond donors (Lipinski definition) is 1. The second kappa shape index (κ2) is 22.2. The summed E-state index contributed by atoms with van der Waals surface area (Å²) in [7, 11) is 1.18. The van der Waals surface area contributed by atoms with Crippen molar-refractivity contribution in [1.82, 2.24) is 0 Å². The maximum atomic E-state index is 11.9. The molecule has 0 fully saturated rings. The average Bonchev–Trinajstić information content (AvgIpc) is 2.82. The van der Waals surface area contributed by atoms with E-state index in [-0.39, 0.29) is 13.0 Å². The van der Waals surface area contributed by atoms with Crippen molar-refractivity contribution in [2.45, 2.75) is 64.4 Å². The summed E-state index contributed by atoms with van der Waals surface area (Å²) >= 11 is 0. The van der Waals surface area contributed by atoms with Gasteiger partial charge in [0.15, 0.2) is 0 Å². The Morgan fingerprint density at radius 3 is 1.81 bits per heavy atom. The maximum Gasteiger partial charge on any atom is 0.306 e. The van der Waals surface area contributed by atoms with E-state index in [1.165, 1.54) is 6.42 Å². The van der Waals surface area contributed by atoms with Crippen molar-refractivity contribution >= 4 is 13.8 Å². The molecule has 0 aliphatic rings. The van der Waals surface area contributed by atoms with Crippen molar-refractivity contribution in [3.63, 3.8) is 0 Å². The first-order valence-corrected chi connectivity index (χ1v) is 14.5. The van der Waals surface area contributed by atoms with E-state index in [1.807, 2.05) is 33.3 Å². The summed E-state index contributed by atoms with van der Waals surface area (Å²) in [5.41, 5.74) is 0. The molecule has 37 heavy (non-hydrogen) atoms. The van der Waals surface area contributed by atoms with E-state index in [9.17, 15) is 19.4 Å². The number of nitrogens with zero attached hydrogens (tertiary/aromatic N) is 1. The fourth-order valence-electron chi connectivity index (χ4n) is 2.69. The van der Waals surface area contributed by atoms with Gasteiger partial charge in [0.05, 0.1) is 34.4 Å². The zero-order valence-corrected chi connectivity index (χ0v) is 24.0. The molecule has 0 saturated carbocycles. The minimum absolute atomic E-state index is 0.0266. The molecule has 212 valence electrons. The molecule has 0 saturated heterocycles. The van der Waals surface area contributed by atoms with Crippen LogP contribution in [0.25, 0.3) is 0 Å². The second-order valence-electron chi connectivity index (χ2n) is 9.51. The molecule has 0 aromatic carbocycles. The van der Waals surface area contributed by atoms with Crippen LogP contribution in [0.4, 0.5) is 0 Å². The van der Waals surface area contributed by atoms with Crippen molar-refractivity contribution < 1.29 is 37.6 Å². The Labute approximate surface area is 224 Å². The molecular weight excluding hydrogens is 493 g/mol. The van der Waals surface area contributed by atoms with Gasteiger partial charge < -0.3 is 28.3 Å². The van der Waals surface area contributed by atoms with Crippen LogP contribution in [-0.4, -0.2) is 69.2 Å². The first-order chi connectivity index (χ1) is 17.6. The minimum atomic E-state index is -4.53. The van der Waals surface area contributed by atoms with Gasteiger partial charge in [0.2, 0.25) is 0 Å². The number of carbonyl (C=O) groups is 1. The third kappa shape index (κ3) is 25.6. The largest absolute Gasteiger partial charge is 0.756 e. The first-order valence-electron chi connectivity index (χ1n) is 13.1. The Balaban J connectivity index is 3.97. The van der Waals surface area contributed by atoms with Crippen molar-refractivity contribution in [3.05, 3.63) is 60.8 Å². The number of unbranched alkanes of at least 4 members (excludes halogenated alkanes) is 1. The fourth-order valence-corrected chi connectivity index (χ4v) is 3.42. The highest BCUT2D eigenvalue weighted by atomic mass is 31.2. The number of likely N-dealkylation sites (N-methyl/N-ethyl adjacent to an activating group) is 1. The third-order valence-electron chi connectivity index (χ3n) is 4.82. The van der Waals surface area contributed by atoms with Gasteiger partial charge in [-0.15, -0.1) is 0 Å². The topological polar surface area (TPSA) is 105 Å². The minimum Gasteiger partial charge on any atom is -0.756 e. The maximum absolute atomic E-state index is 11.9. The number of aliphatic hydroxyl groups excluding tert-OH is 1. The Morgan fingerprint density at radius 1 is 0.865 bits per heavy atom. The summed E-state index contributed by atoms with van der Waals surface area (Å²) in [6.07, 6.45) is 26.5. The first kappa shape index (κ1) is 35.2. The van der Waals surface area contributed by atoms with E-state index in [0.29, 0.717) is 17.4 Å². The van der Waals surface area contributed by atoms with E-state index < -0.39 is 33.1 Å². The predicted molar refractivity (Wildman–Crippen MR) is 148 cm³/mol. The van der Waals surface area contributed by atoms with E-state index in [2.05, 4.69) is 55.5 Å². The summed E-state index contributed by atoms with van der Waals surface area (Å²) < 4.78 is 27.0. The lowest BCUT2D eigenvalue weighted by Crippen LogP contribution is -2.37. The van der Waals surface area contributed by atoms with Gasteiger partial charge in [0.1, 0.15) is 19.3 Å². The number of quaternary nitrogens is 1. The van der Waals surface area contributed by atoms with Crippen molar-refractivity contribution in [3.8, 4) is 0 Å². The molecule has 8 nitrogen and oxygen atoms in total. The quantitative estimate of drug-likeness (QED) is 0.0888. The molecule has 0 aliphatic heterocycles. The Morgan fingerprint density at radius 2 is 1.35 bits per heavy atom. The summed E-state index contributed by atoms with van der Waals surface area (Å²) in [4.78, 5) is 23.7. The molecule has 0 heterocycles. The molecule has 0 aliphatic carbocycles. The molecule has 2 unspecified atom stereocenters. The van der Waals surface area contributed by atoms with E-state index >= 15 is 0 Å². The van der Waals surface area contributed by atoms with Gasteiger partial charge in [-0.1, -0.05) is 74.1 Å². The van der Waals surface area contributed by atoms with Gasteiger partial charge in [-0.3, -0.25) is 9.36 Å². The highest BCUT2D eigenvalue weighted by molar-refractivity contribution is 7.45. The van der Waals surface area contributed by atoms with E-state index in [4.69, 9.17) is 13.8 Å². The van der Waals surface area contributed by atoms with Crippen molar-refractivity contribution in [2.24, 2.45) is 0 Å². The molecule has 0 spiro atoms. The zero-order valence-electron chi connectivity index (χ0n) is 23.1. The lowest BCUT2D eigenvalue weighted by Gasteiger charge is -2.28. The van der Waals surface area contributed by atoms with Crippen LogP contribution >= 0.6 is 7.82 Å². The molecule has 0 radical (unpaired) electrons. The van der Waals surface area contributed by atoms with Crippen LogP contribution in [-0.2, 0) is 23.1 Å². The SMILES string of the molecule is CCC/C=C\C/C=C\C/C=C\C/C=C\C/C=C\CCC(=O)OC(CO)COP(=O)([O-])OCC[N+](C)(C)C. The number of phosphoric ester groups is 1. The number of allylic oxidation sites excluding steroid dienone is 10. The van der Waals surface area contributed by atoms with Gasteiger partial charge in [-0.05, 0) is 38.5 Å². The van der Waals surface area contributed by atoms with Gasteiger partial charge in [0, 0.05) is 6.42 Å². The molecule has 0 aromatic heterocycles. The van der Waals surface area contributed by atoms with Crippen LogP contribution < -0.4 is 4.89 Å². The van der Waals surface area contributed by atoms with Gasteiger partial charge in [-0.2, -0.15) is 0 Å². The smallest absolute Gasteiger partial charge is 0.306 e. The summed E-state index contributed by atoms with van der Waals surface area (Å²) in [6, 6.07) is 0. The molecule has 1 N–H and O–H groups in total. The number of aliphatic hydroxyl groups is 1.